The molecular formula is C16H24N2O4. The zero-order chi connectivity index (χ0) is 16.6. The van der Waals surface area contributed by atoms with Crippen molar-refractivity contribution in [2.24, 2.45) is 0 Å². The van der Waals surface area contributed by atoms with Crippen LogP contribution in [-0.4, -0.2) is 35.4 Å². The molecule has 0 heterocycles. The van der Waals surface area contributed by atoms with Gasteiger partial charge in [-0.25, -0.2) is 9.59 Å². The van der Waals surface area contributed by atoms with E-state index in [0.717, 1.165) is 5.56 Å². The van der Waals surface area contributed by atoms with Crippen molar-refractivity contribution in [3.05, 3.63) is 35.9 Å². The van der Waals surface area contributed by atoms with Crippen LogP contribution >= 0.6 is 0 Å². The number of ether oxygens (including phenoxy) is 1. The Morgan fingerprint density at radius 1 is 1.23 bits per heavy atom. The molecule has 1 rings (SSSR count). The van der Waals surface area contributed by atoms with Gasteiger partial charge in [0.2, 0.25) is 0 Å². The summed E-state index contributed by atoms with van der Waals surface area (Å²) in [6.07, 6.45) is -0.440. The fourth-order valence-corrected chi connectivity index (χ4v) is 1.78. The average molecular weight is 308 g/mol. The van der Waals surface area contributed by atoms with Gasteiger partial charge in [-0.3, -0.25) is 0 Å². The molecule has 0 aliphatic carbocycles. The predicted molar refractivity (Wildman–Crippen MR) is 83.6 cm³/mol. The summed E-state index contributed by atoms with van der Waals surface area (Å²) in [5.41, 5.74) is 0.466. The Morgan fingerprint density at radius 3 is 2.41 bits per heavy atom. The fourth-order valence-electron chi connectivity index (χ4n) is 1.78. The van der Waals surface area contributed by atoms with E-state index in [2.05, 4.69) is 10.6 Å². The van der Waals surface area contributed by atoms with Crippen LogP contribution in [0.3, 0.4) is 0 Å². The van der Waals surface area contributed by atoms with Crippen molar-refractivity contribution in [2.45, 2.75) is 45.4 Å². The molecule has 3 N–H and O–H groups in total. The molecule has 22 heavy (non-hydrogen) atoms. The van der Waals surface area contributed by atoms with Crippen molar-refractivity contribution in [1.29, 1.82) is 0 Å². The van der Waals surface area contributed by atoms with Crippen LogP contribution in [0.25, 0.3) is 0 Å². The highest BCUT2D eigenvalue weighted by molar-refractivity contribution is 5.79. The zero-order valence-electron chi connectivity index (χ0n) is 13.3. The molecule has 0 fully saturated rings. The Morgan fingerprint density at radius 2 is 1.86 bits per heavy atom. The number of nitrogens with one attached hydrogen (secondary N) is 2. The van der Waals surface area contributed by atoms with Gasteiger partial charge in [-0.05, 0) is 39.3 Å². The van der Waals surface area contributed by atoms with Crippen LogP contribution in [0.1, 0.15) is 32.8 Å². The van der Waals surface area contributed by atoms with Crippen LogP contribution < -0.4 is 10.6 Å². The Kier molecular flexibility index (Phi) is 6.85. The molecule has 0 radical (unpaired) electrons. The second kappa shape index (κ2) is 8.38. The van der Waals surface area contributed by atoms with Crippen molar-refractivity contribution in [3.63, 3.8) is 0 Å². The molecule has 1 aromatic rings. The minimum absolute atomic E-state index is 0.279. The maximum atomic E-state index is 11.6. The lowest BCUT2D eigenvalue weighted by molar-refractivity contribution is -0.139. The Balaban J connectivity index is 2.35. The van der Waals surface area contributed by atoms with E-state index in [4.69, 9.17) is 9.84 Å². The minimum atomic E-state index is -1.08. The smallest absolute Gasteiger partial charge is 0.408 e. The highest BCUT2D eigenvalue weighted by Crippen LogP contribution is 2.07. The van der Waals surface area contributed by atoms with Gasteiger partial charge in [-0.15, -0.1) is 0 Å². The molecule has 122 valence electrons. The summed E-state index contributed by atoms with van der Waals surface area (Å²) in [5.74, 6) is -1.08. The van der Waals surface area contributed by atoms with Crippen LogP contribution in [0.15, 0.2) is 30.3 Å². The van der Waals surface area contributed by atoms with Gasteiger partial charge < -0.3 is 20.5 Å². The summed E-state index contributed by atoms with van der Waals surface area (Å²) in [4.78, 5) is 22.8. The van der Waals surface area contributed by atoms with Crippen molar-refractivity contribution >= 4 is 12.1 Å². The number of carboxylic acid groups (broad SMARTS) is 1. The van der Waals surface area contributed by atoms with Gasteiger partial charge in [-0.2, -0.15) is 0 Å². The van der Waals surface area contributed by atoms with Gasteiger partial charge in [0, 0.05) is 6.54 Å². The maximum Gasteiger partial charge on any atom is 0.408 e. The van der Waals surface area contributed by atoms with E-state index in [1.54, 1.807) is 20.8 Å². The van der Waals surface area contributed by atoms with Crippen LogP contribution in [0, 0.1) is 0 Å². The molecule has 1 unspecified atom stereocenters. The number of amides is 1. The lowest BCUT2D eigenvalue weighted by Crippen LogP contribution is -2.44. The predicted octanol–water partition coefficient (Wildman–Crippen LogP) is 2.14. The summed E-state index contributed by atoms with van der Waals surface area (Å²) >= 11 is 0. The van der Waals surface area contributed by atoms with E-state index >= 15 is 0 Å². The molecular weight excluding hydrogens is 284 g/mol. The van der Waals surface area contributed by atoms with E-state index in [1.807, 2.05) is 30.3 Å². The molecule has 6 nitrogen and oxygen atoms in total. The number of benzene rings is 1. The van der Waals surface area contributed by atoms with Gasteiger partial charge in [0.15, 0.2) is 0 Å². The second-order valence-electron chi connectivity index (χ2n) is 5.99. The number of carbonyl (C=O) groups excluding carboxylic acids is 1. The molecule has 0 saturated carbocycles. The van der Waals surface area contributed by atoms with Crippen LogP contribution in [0.4, 0.5) is 4.79 Å². The lowest BCUT2D eigenvalue weighted by Gasteiger charge is -2.22. The number of rotatable bonds is 7. The first kappa shape index (κ1) is 18.0. The zero-order valence-corrected chi connectivity index (χ0v) is 13.3. The van der Waals surface area contributed by atoms with Gasteiger partial charge >= 0.3 is 12.1 Å². The Hall–Kier alpha value is -2.08. The first-order valence-corrected chi connectivity index (χ1v) is 7.25. The number of carboxylic acids is 1. The number of alkyl carbamates (subject to hydrolysis) is 1. The molecule has 0 aromatic heterocycles. The molecule has 1 atom stereocenters. The van der Waals surface area contributed by atoms with Gasteiger partial charge in [0.25, 0.3) is 0 Å². The monoisotopic (exact) mass is 308 g/mol. The average Bonchev–Trinajstić information content (AvgIpc) is 2.41. The van der Waals surface area contributed by atoms with E-state index < -0.39 is 23.7 Å². The van der Waals surface area contributed by atoms with Gasteiger partial charge in [0.05, 0.1) is 0 Å². The molecule has 6 heteroatoms. The van der Waals surface area contributed by atoms with Crippen molar-refractivity contribution in [3.8, 4) is 0 Å². The van der Waals surface area contributed by atoms with E-state index in [0.29, 0.717) is 13.1 Å². The number of aliphatic carboxylic acids is 1. The fraction of sp³-hybridized carbons (Fsp3) is 0.500. The Bertz CT molecular complexity index is 483. The van der Waals surface area contributed by atoms with Crippen LogP contribution in [0.5, 0.6) is 0 Å². The summed E-state index contributed by atoms with van der Waals surface area (Å²) in [7, 11) is 0. The molecule has 0 spiro atoms. The standard InChI is InChI=1S/C16H24N2O4/c1-16(2,3)22-15(21)18-13(14(19)20)9-10-17-11-12-7-5-4-6-8-12/h4-8,13,17H,9-11H2,1-3H3,(H,18,21)(H,19,20). The van der Waals surface area contributed by atoms with Crippen molar-refractivity contribution in [1.82, 2.24) is 10.6 Å². The summed E-state index contributed by atoms with van der Waals surface area (Å²) < 4.78 is 5.06. The SMILES string of the molecule is CC(C)(C)OC(=O)NC(CCNCc1ccccc1)C(=O)O. The molecule has 1 aromatic carbocycles. The van der Waals surface area contributed by atoms with Crippen LogP contribution in [-0.2, 0) is 16.1 Å². The minimum Gasteiger partial charge on any atom is -0.480 e. The van der Waals surface area contributed by atoms with Crippen LogP contribution in [0.2, 0.25) is 0 Å². The first-order chi connectivity index (χ1) is 10.3. The Labute approximate surface area is 130 Å². The van der Waals surface area contributed by atoms with Crippen molar-refractivity contribution < 1.29 is 19.4 Å². The third-order valence-electron chi connectivity index (χ3n) is 2.77. The van der Waals surface area contributed by atoms with Gasteiger partial charge in [0.1, 0.15) is 11.6 Å². The van der Waals surface area contributed by atoms with E-state index in [9.17, 15) is 9.59 Å². The van der Waals surface area contributed by atoms with Gasteiger partial charge in [-0.1, -0.05) is 30.3 Å². The quantitative estimate of drug-likeness (QED) is 0.672. The number of hydrogen-bond acceptors (Lipinski definition) is 4. The third kappa shape index (κ3) is 7.64. The maximum absolute atomic E-state index is 11.6. The summed E-state index contributed by atoms with van der Waals surface area (Å²) in [6.45, 7) is 6.30. The molecule has 0 saturated heterocycles. The molecule has 0 aliphatic rings. The lowest BCUT2D eigenvalue weighted by atomic mass is 10.2. The number of carbonyl (C=O) groups is 2. The number of hydrogen-bond donors (Lipinski definition) is 3. The summed E-state index contributed by atoms with van der Waals surface area (Å²) in [6, 6.07) is 8.83. The summed E-state index contributed by atoms with van der Waals surface area (Å²) in [5, 5.41) is 14.7. The molecule has 0 bridgehead atoms. The molecule has 0 aliphatic heterocycles. The normalized spacial score (nSPS) is 12.5. The molecule has 1 amide bonds. The van der Waals surface area contributed by atoms with E-state index in [1.165, 1.54) is 0 Å². The highest BCUT2D eigenvalue weighted by Gasteiger charge is 2.23. The largest absolute Gasteiger partial charge is 0.480 e. The second-order valence-corrected chi connectivity index (χ2v) is 5.99. The van der Waals surface area contributed by atoms with Crippen molar-refractivity contribution in [2.75, 3.05) is 6.54 Å². The first-order valence-electron chi connectivity index (χ1n) is 7.25. The van der Waals surface area contributed by atoms with E-state index in [-0.39, 0.29) is 6.42 Å². The highest BCUT2D eigenvalue weighted by atomic mass is 16.6. The topological polar surface area (TPSA) is 87.7 Å². The third-order valence-corrected chi connectivity index (χ3v) is 2.77.